The Morgan fingerprint density at radius 3 is 2.89 bits per heavy atom. The van der Waals surface area contributed by atoms with Crippen LogP contribution in [0, 0.1) is 0 Å². The Balaban J connectivity index is 1.84. The second kappa shape index (κ2) is 5.40. The monoisotopic (exact) mass is 261 g/mol. The van der Waals surface area contributed by atoms with Gasteiger partial charge in [-0.15, -0.1) is 0 Å². The van der Waals surface area contributed by atoms with E-state index in [0.29, 0.717) is 6.54 Å². The number of esters is 1. The molecule has 2 aromatic heterocycles. The van der Waals surface area contributed by atoms with Crippen molar-refractivity contribution >= 4 is 11.6 Å². The topological polar surface area (TPSA) is 55.6 Å². The zero-order valence-corrected chi connectivity index (χ0v) is 11.5. The van der Waals surface area contributed by atoms with Crippen molar-refractivity contribution in [3.8, 4) is 0 Å². The van der Waals surface area contributed by atoms with Crippen molar-refractivity contribution in [1.82, 2.24) is 14.7 Å². The van der Waals surface area contributed by atoms with Crippen LogP contribution in [0.15, 0.2) is 30.6 Å². The highest BCUT2D eigenvalue weighted by atomic mass is 16.6. The highest BCUT2D eigenvalue weighted by molar-refractivity contribution is 5.72. The molecule has 0 atom stereocenters. The Morgan fingerprint density at radius 2 is 2.21 bits per heavy atom. The van der Waals surface area contributed by atoms with E-state index >= 15 is 0 Å². The van der Waals surface area contributed by atoms with Crippen molar-refractivity contribution in [3.05, 3.63) is 36.3 Å². The molecule has 0 amide bonds. The molecule has 0 aromatic carbocycles. The minimum absolute atomic E-state index is 0.186. The third-order valence-corrected chi connectivity index (χ3v) is 2.41. The summed E-state index contributed by atoms with van der Waals surface area (Å²) in [6.45, 7) is 6.29. The molecule has 5 nitrogen and oxygen atoms in total. The molecule has 0 aliphatic carbocycles. The number of nitrogens with zero attached hydrogens (tertiary/aromatic N) is 2. The maximum atomic E-state index is 11.5. The van der Waals surface area contributed by atoms with E-state index in [9.17, 15) is 4.79 Å². The van der Waals surface area contributed by atoms with Gasteiger partial charge in [0.25, 0.3) is 0 Å². The van der Waals surface area contributed by atoms with Crippen LogP contribution in [0.1, 0.15) is 26.5 Å². The average molecular weight is 261 g/mol. The molecule has 0 saturated heterocycles. The molecular formula is C14H19N3O2. The standard InChI is InChI=1S/C14H19N3O2/c1-14(2,3)19-13(18)9-15-8-11-10-17-7-5-4-6-12(17)16-11/h4-7,10,15H,8-9H2,1-3H3. The van der Waals surface area contributed by atoms with E-state index in [1.165, 1.54) is 0 Å². The first-order chi connectivity index (χ1) is 8.94. The van der Waals surface area contributed by atoms with Gasteiger partial charge in [0.05, 0.1) is 12.2 Å². The summed E-state index contributed by atoms with van der Waals surface area (Å²) in [6.07, 6.45) is 3.89. The minimum Gasteiger partial charge on any atom is -0.459 e. The first kappa shape index (κ1) is 13.5. The van der Waals surface area contributed by atoms with Crippen LogP contribution in [-0.2, 0) is 16.1 Å². The van der Waals surface area contributed by atoms with Crippen LogP contribution in [0.25, 0.3) is 5.65 Å². The van der Waals surface area contributed by atoms with Crippen molar-refractivity contribution in [1.29, 1.82) is 0 Å². The first-order valence-corrected chi connectivity index (χ1v) is 6.29. The molecule has 0 aliphatic rings. The number of carbonyl (C=O) groups excluding carboxylic acids is 1. The van der Waals surface area contributed by atoms with E-state index in [1.807, 2.05) is 55.8 Å². The maximum absolute atomic E-state index is 11.5. The summed E-state index contributed by atoms with van der Waals surface area (Å²) in [5, 5.41) is 3.03. The summed E-state index contributed by atoms with van der Waals surface area (Å²) in [7, 11) is 0. The van der Waals surface area contributed by atoms with Crippen LogP contribution in [-0.4, -0.2) is 27.5 Å². The largest absolute Gasteiger partial charge is 0.459 e. The molecule has 5 heteroatoms. The predicted molar refractivity (Wildman–Crippen MR) is 72.7 cm³/mol. The summed E-state index contributed by atoms with van der Waals surface area (Å²) >= 11 is 0. The molecule has 2 aromatic rings. The molecule has 0 spiro atoms. The lowest BCUT2D eigenvalue weighted by Gasteiger charge is -2.19. The van der Waals surface area contributed by atoms with Gasteiger partial charge < -0.3 is 14.5 Å². The van der Waals surface area contributed by atoms with Crippen molar-refractivity contribution in [2.24, 2.45) is 0 Å². The Hall–Kier alpha value is -1.88. The van der Waals surface area contributed by atoms with E-state index < -0.39 is 5.60 Å². The zero-order valence-electron chi connectivity index (χ0n) is 11.5. The Bertz CT molecular complexity index is 536. The number of hydrogen-bond donors (Lipinski definition) is 1. The number of aromatic nitrogens is 2. The van der Waals surface area contributed by atoms with Crippen LogP contribution >= 0.6 is 0 Å². The van der Waals surface area contributed by atoms with Crippen molar-refractivity contribution in [3.63, 3.8) is 0 Å². The lowest BCUT2D eigenvalue weighted by molar-refractivity contribution is -0.153. The van der Waals surface area contributed by atoms with Crippen LogP contribution in [0.5, 0.6) is 0 Å². The Labute approximate surface area is 112 Å². The maximum Gasteiger partial charge on any atom is 0.320 e. The molecule has 0 saturated carbocycles. The lowest BCUT2D eigenvalue weighted by atomic mass is 10.2. The van der Waals surface area contributed by atoms with Gasteiger partial charge in [-0.3, -0.25) is 4.79 Å². The van der Waals surface area contributed by atoms with E-state index in [2.05, 4.69) is 10.3 Å². The normalized spacial score (nSPS) is 11.7. The molecule has 1 N–H and O–H groups in total. The smallest absolute Gasteiger partial charge is 0.320 e. The number of nitrogens with one attached hydrogen (secondary N) is 1. The highest BCUT2D eigenvalue weighted by Crippen LogP contribution is 2.07. The number of rotatable bonds is 4. The first-order valence-electron chi connectivity index (χ1n) is 6.29. The molecule has 0 fully saturated rings. The minimum atomic E-state index is -0.443. The molecule has 2 rings (SSSR count). The van der Waals surface area contributed by atoms with Gasteiger partial charge in [0.2, 0.25) is 0 Å². The van der Waals surface area contributed by atoms with Crippen LogP contribution in [0.4, 0.5) is 0 Å². The van der Waals surface area contributed by atoms with E-state index in [-0.39, 0.29) is 12.5 Å². The predicted octanol–water partition coefficient (Wildman–Crippen LogP) is 1.77. The van der Waals surface area contributed by atoms with Gasteiger partial charge in [-0.2, -0.15) is 0 Å². The van der Waals surface area contributed by atoms with Gasteiger partial charge in [-0.05, 0) is 32.9 Å². The number of ether oxygens (including phenoxy) is 1. The van der Waals surface area contributed by atoms with Crippen LogP contribution in [0.3, 0.4) is 0 Å². The SMILES string of the molecule is CC(C)(C)OC(=O)CNCc1cn2ccccc2n1. The summed E-state index contributed by atoms with van der Waals surface area (Å²) < 4.78 is 7.16. The average Bonchev–Trinajstić information content (AvgIpc) is 2.68. The van der Waals surface area contributed by atoms with E-state index in [4.69, 9.17) is 4.74 Å². The van der Waals surface area contributed by atoms with Gasteiger partial charge in [-0.25, -0.2) is 4.98 Å². The van der Waals surface area contributed by atoms with Gasteiger partial charge in [0, 0.05) is 18.9 Å². The highest BCUT2D eigenvalue weighted by Gasteiger charge is 2.15. The summed E-state index contributed by atoms with van der Waals surface area (Å²) in [5.41, 5.74) is 1.35. The molecule has 19 heavy (non-hydrogen) atoms. The summed E-state index contributed by atoms with van der Waals surface area (Å²) in [4.78, 5) is 15.9. The summed E-state index contributed by atoms with van der Waals surface area (Å²) in [5.74, 6) is -0.253. The number of carbonyl (C=O) groups is 1. The van der Waals surface area contributed by atoms with Gasteiger partial charge in [0.1, 0.15) is 11.2 Å². The molecule has 2 heterocycles. The molecule has 0 unspecified atom stereocenters. The number of pyridine rings is 1. The Morgan fingerprint density at radius 1 is 1.42 bits per heavy atom. The Kier molecular flexibility index (Phi) is 3.85. The zero-order chi connectivity index (χ0) is 13.9. The third kappa shape index (κ3) is 4.06. The molecule has 0 aliphatic heterocycles. The van der Waals surface area contributed by atoms with Gasteiger partial charge >= 0.3 is 5.97 Å². The third-order valence-electron chi connectivity index (χ3n) is 2.41. The van der Waals surface area contributed by atoms with Crippen LogP contribution < -0.4 is 5.32 Å². The summed E-state index contributed by atoms with van der Waals surface area (Å²) in [6, 6.07) is 5.84. The van der Waals surface area contributed by atoms with E-state index in [0.717, 1.165) is 11.3 Å². The number of fused-ring (bicyclic) bond motifs is 1. The molecular weight excluding hydrogens is 242 g/mol. The van der Waals surface area contributed by atoms with Crippen molar-refractivity contribution in [2.75, 3.05) is 6.54 Å². The molecule has 102 valence electrons. The fourth-order valence-corrected chi connectivity index (χ4v) is 1.74. The quantitative estimate of drug-likeness (QED) is 0.852. The second-order valence-corrected chi connectivity index (χ2v) is 5.39. The second-order valence-electron chi connectivity index (χ2n) is 5.39. The number of hydrogen-bond acceptors (Lipinski definition) is 4. The van der Waals surface area contributed by atoms with E-state index in [1.54, 1.807) is 0 Å². The van der Waals surface area contributed by atoms with Crippen LogP contribution in [0.2, 0.25) is 0 Å². The fourth-order valence-electron chi connectivity index (χ4n) is 1.74. The van der Waals surface area contributed by atoms with Gasteiger partial charge in [0.15, 0.2) is 0 Å². The number of imidazole rings is 1. The van der Waals surface area contributed by atoms with Crippen molar-refractivity contribution < 1.29 is 9.53 Å². The molecule has 0 bridgehead atoms. The molecule has 0 radical (unpaired) electrons. The van der Waals surface area contributed by atoms with Gasteiger partial charge in [-0.1, -0.05) is 6.07 Å². The lowest BCUT2D eigenvalue weighted by Crippen LogP contribution is -2.31. The fraction of sp³-hybridized carbons (Fsp3) is 0.429. The van der Waals surface area contributed by atoms with Crippen molar-refractivity contribution in [2.45, 2.75) is 32.9 Å².